The Balaban J connectivity index is 1.51. The molecule has 0 spiro atoms. The molecule has 2 aromatic rings. The van der Waals surface area contributed by atoms with Crippen LogP contribution in [-0.4, -0.2) is 54.1 Å². The van der Waals surface area contributed by atoms with E-state index in [4.69, 9.17) is 25.8 Å². The van der Waals surface area contributed by atoms with Crippen molar-refractivity contribution < 1.29 is 23.8 Å². The maximum atomic E-state index is 13.1. The highest BCUT2D eigenvalue weighted by molar-refractivity contribution is 7.98. The summed E-state index contributed by atoms with van der Waals surface area (Å²) in [5.41, 5.74) is 1.98. The number of ether oxygens (including phenoxy) is 3. The quantitative estimate of drug-likeness (QED) is 0.550. The van der Waals surface area contributed by atoms with E-state index in [0.29, 0.717) is 54.1 Å². The molecule has 11 heteroatoms. The molecule has 0 bridgehead atoms. The Morgan fingerprint density at radius 3 is 2.56 bits per heavy atom. The highest BCUT2D eigenvalue weighted by atomic mass is 35.5. The smallest absolute Gasteiger partial charge is 0.409 e. The minimum absolute atomic E-state index is 0.0109. The van der Waals surface area contributed by atoms with Crippen LogP contribution in [-0.2, 0) is 11.3 Å². The first-order valence-electron chi connectivity index (χ1n) is 11.7. The van der Waals surface area contributed by atoms with Gasteiger partial charge in [0.15, 0.2) is 11.5 Å². The fourth-order valence-corrected chi connectivity index (χ4v) is 5.70. The van der Waals surface area contributed by atoms with Gasteiger partial charge in [-0.1, -0.05) is 11.6 Å². The summed E-state index contributed by atoms with van der Waals surface area (Å²) >= 11 is 7.99. The number of aromatic nitrogens is 1. The monoisotopic (exact) mass is 535 g/mol. The summed E-state index contributed by atoms with van der Waals surface area (Å²) in [6.07, 6.45) is 2.89. The first kappa shape index (κ1) is 26.2. The van der Waals surface area contributed by atoms with E-state index in [1.54, 1.807) is 17.9 Å². The van der Waals surface area contributed by atoms with Crippen molar-refractivity contribution in [3.05, 3.63) is 49.9 Å². The van der Waals surface area contributed by atoms with Gasteiger partial charge in [0.05, 0.1) is 12.1 Å². The van der Waals surface area contributed by atoms with Gasteiger partial charge < -0.3 is 29.4 Å². The predicted molar refractivity (Wildman–Crippen MR) is 137 cm³/mol. The van der Waals surface area contributed by atoms with Crippen LogP contribution in [0.25, 0.3) is 0 Å². The van der Waals surface area contributed by atoms with Crippen LogP contribution in [0.5, 0.6) is 11.5 Å². The number of benzene rings is 1. The van der Waals surface area contributed by atoms with Gasteiger partial charge in [-0.25, -0.2) is 4.79 Å². The topological polar surface area (TPSA) is 110 Å². The standard InChI is InChI=1S/C25H30ClN3O6S/c1-13-10-19(36-5)17(23(31)28-13)12-27-22(30)16-11-18(26)21-20(14(16)2)34-25(3,35-21)15-6-8-29(9-7-15)24(32)33-4/h10-11,15H,6-9,12H2,1-5H3,(H,27,30)(H,28,31)/t25-/m1/s1. The molecule has 1 atom stereocenters. The predicted octanol–water partition coefficient (Wildman–Crippen LogP) is 4.26. The summed E-state index contributed by atoms with van der Waals surface area (Å²) in [5.74, 6) is -0.493. The summed E-state index contributed by atoms with van der Waals surface area (Å²) in [5, 5.41) is 3.11. The molecule has 1 aromatic carbocycles. The van der Waals surface area contributed by atoms with Crippen LogP contribution in [0, 0.1) is 19.8 Å². The Labute approximate surface area is 218 Å². The van der Waals surface area contributed by atoms with E-state index < -0.39 is 5.79 Å². The van der Waals surface area contributed by atoms with Crippen molar-refractivity contribution in [3.63, 3.8) is 0 Å². The minimum atomic E-state index is -0.976. The zero-order valence-electron chi connectivity index (χ0n) is 21.0. The van der Waals surface area contributed by atoms with Crippen LogP contribution in [0.15, 0.2) is 21.8 Å². The van der Waals surface area contributed by atoms with Crippen LogP contribution in [0.1, 0.15) is 46.9 Å². The Bertz CT molecular complexity index is 1260. The van der Waals surface area contributed by atoms with Crippen LogP contribution in [0.4, 0.5) is 4.79 Å². The molecule has 0 saturated carbocycles. The summed E-state index contributed by atoms with van der Waals surface area (Å²) in [6.45, 7) is 6.60. The largest absolute Gasteiger partial charge is 0.453 e. The molecule has 0 radical (unpaired) electrons. The van der Waals surface area contributed by atoms with Gasteiger partial charge in [-0.05, 0) is 45.1 Å². The molecule has 194 valence electrons. The average Bonchev–Trinajstić information content (AvgIpc) is 3.24. The SMILES string of the molecule is COC(=O)N1CCC([C@@]2(C)Oc3c(Cl)cc(C(=O)NCc4c(SC)cc(C)[nH]c4=O)c(C)c3O2)CC1. The molecule has 0 unspecified atom stereocenters. The lowest BCUT2D eigenvalue weighted by Crippen LogP contribution is -2.49. The number of amides is 2. The molecule has 2 N–H and O–H groups in total. The summed E-state index contributed by atoms with van der Waals surface area (Å²) in [4.78, 5) is 42.6. The lowest BCUT2D eigenvalue weighted by atomic mass is 9.89. The van der Waals surface area contributed by atoms with Crippen molar-refractivity contribution in [3.8, 4) is 11.5 Å². The van der Waals surface area contributed by atoms with E-state index in [2.05, 4.69) is 10.3 Å². The maximum Gasteiger partial charge on any atom is 0.409 e. The number of hydrogen-bond donors (Lipinski definition) is 2. The molecule has 4 rings (SSSR count). The van der Waals surface area contributed by atoms with Gasteiger partial charge in [0.2, 0.25) is 0 Å². The molecule has 0 aliphatic carbocycles. The molecular formula is C25H30ClN3O6S. The Kier molecular flexibility index (Phi) is 7.47. The van der Waals surface area contributed by atoms with E-state index in [9.17, 15) is 14.4 Å². The number of halogens is 1. The number of likely N-dealkylation sites (tertiary alicyclic amines) is 1. The molecule has 9 nitrogen and oxygen atoms in total. The van der Waals surface area contributed by atoms with Crippen LogP contribution >= 0.6 is 23.4 Å². The molecule has 2 aliphatic heterocycles. The number of fused-ring (bicyclic) bond motifs is 1. The third kappa shape index (κ3) is 4.88. The second-order valence-electron chi connectivity index (χ2n) is 9.15. The second-order valence-corrected chi connectivity index (χ2v) is 10.4. The normalized spacial score (nSPS) is 19.3. The number of H-pyrrole nitrogens is 1. The number of rotatable bonds is 5. The number of aromatic amines is 1. The van der Waals surface area contributed by atoms with Gasteiger partial charge in [-0.15, -0.1) is 11.8 Å². The van der Waals surface area contributed by atoms with Crippen LogP contribution in [0.3, 0.4) is 0 Å². The number of aryl methyl sites for hydroxylation is 1. The molecule has 1 fully saturated rings. The van der Waals surface area contributed by atoms with E-state index in [1.807, 2.05) is 26.2 Å². The van der Waals surface area contributed by atoms with E-state index in [1.165, 1.54) is 18.9 Å². The average molecular weight is 536 g/mol. The third-order valence-electron chi connectivity index (χ3n) is 6.84. The Hall–Kier alpha value is -2.85. The molecule has 36 heavy (non-hydrogen) atoms. The van der Waals surface area contributed by atoms with Crippen LogP contribution in [0.2, 0.25) is 5.02 Å². The molecule has 3 heterocycles. The first-order valence-corrected chi connectivity index (χ1v) is 13.3. The van der Waals surface area contributed by atoms with Crippen molar-refractivity contribution in [2.75, 3.05) is 26.5 Å². The maximum absolute atomic E-state index is 13.1. The van der Waals surface area contributed by atoms with E-state index >= 15 is 0 Å². The fourth-order valence-electron chi connectivity index (χ4n) is 4.76. The number of nitrogens with one attached hydrogen (secondary N) is 2. The van der Waals surface area contributed by atoms with Crippen molar-refractivity contribution in [2.45, 2.75) is 50.8 Å². The van der Waals surface area contributed by atoms with Gasteiger partial charge in [-0.3, -0.25) is 9.59 Å². The fraction of sp³-hybridized carbons (Fsp3) is 0.480. The number of pyridine rings is 1. The Morgan fingerprint density at radius 1 is 1.25 bits per heavy atom. The highest BCUT2D eigenvalue weighted by Gasteiger charge is 2.47. The first-order chi connectivity index (χ1) is 17.1. The molecule has 1 saturated heterocycles. The highest BCUT2D eigenvalue weighted by Crippen LogP contribution is 2.51. The molecular weight excluding hydrogens is 506 g/mol. The number of carbonyl (C=O) groups is 2. The van der Waals surface area contributed by atoms with Crippen LogP contribution < -0.4 is 20.3 Å². The number of nitrogens with zero attached hydrogens (tertiary/aromatic N) is 1. The number of methoxy groups -OCH3 is 1. The third-order valence-corrected chi connectivity index (χ3v) is 7.92. The molecule has 2 aliphatic rings. The molecule has 1 aromatic heterocycles. The lowest BCUT2D eigenvalue weighted by molar-refractivity contribution is -0.123. The second kappa shape index (κ2) is 10.3. The minimum Gasteiger partial charge on any atom is -0.453 e. The van der Waals surface area contributed by atoms with Crippen molar-refractivity contribution in [1.29, 1.82) is 0 Å². The van der Waals surface area contributed by atoms with E-state index in [0.717, 1.165) is 10.6 Å². The Morgan fingerprint density at radius 2 is 1.92 bits per heavy atom. The van der Waals surface area contributed by atoms with Gasteiger partial charge >= 0.3 is 6.09 Å². The van der Waals surface area contributed by atoms with Gasteiger partial charge in [-0.2, -0.15) is 0 Å². The molecule has 2 amide bonds. The number of hydrogen-bond acceptors (Lipinski definition) is 7. The van der Waals surface area contributed by atoms with E-state index in [-0.39, 0.29) is 35.0 Å². The van der Waals surface area contributed by atoms with Crippen molar-refractivity contribution in [1.82, 2.24) is 15.2 Å². The van der Waals surface area contributed by atoms with Crippen molar-refractivity contribution >= 4 is 35.4 Å². The van der Waals surface area contributed by atoms with Gasteiger partial charge in [0.1, 0.15) is 0 Å². The summed E-state index contributed by atoms with van der Waals surface area (Å²) in [7, 11) is 1.37. The summed E-state index contributed by atoms with van der Waals surface area (Å²) < 4.78 is 17.3. The van der Waals surface area contributed by atoms with Gasteiger partial charge in [0.25, 0.3) is 17.3 Å². The number of thioether (sulfide) groups is 1. The zero-order valence-corrected chi connectivity index (χ0v) is 22.5. The summed E-state index contributed by atoms with van der Waals surface area (Å²) in [6, 6.07) is 3.45. The number of carbonyl (C=O) groups excluding carboxylic acids is 2. The zero-order chi connectivity index (χ0) is 26.2. The van der Waals surface area contributed by atoms with Gasteiger partial charge in [0, 0.05) is 59.8 Å². The number of piperidine rings is 1. The van der Waals surface area contributed by atoms with Crippen molar-refractivity contribution in [2.24, 2.45) is 5.92 Å². The lowest BCUT2D eigenvalue weighted by Gasteiger charge is -2.38.